The number of piperidine rings is 1. The molecule has 5 heteroatoms. The van der Waals surface area contributed by atoms with Crippen LogP contribution < -0.4 is 15.1 Å². The maximum absolute atomic E-state index is 4.37. The second-order valence-corrected chi connectivity index (χ2v) is 12.9. The Morgan fingerprint density at radius 3 is 2.33 bits per heavy atom. The molecule has 2 aliphatic rings. The lowest BCUT2D eigenvalue weighted by atomic mass is 9.81. The minimum Gasteiger partial charge on any atom is -0.374 e. The summed E-state index contributed by atoms with van der Waals surface area (Å²) >= 11 is 0. The Balaban J connectivity index is 1.66. The molecule has 1 saturated carbocycles. The Bertz CT molecular complexity index is 937. The number of hydrogen-bond acceptors (Lipinski definition) is 5. The van der Waals surface area contributed by atoms with E-state index in [2.05, 4.69) is 98.7 Å². The molecule has 0 atom stereocenters. The van der Waals surface area contributed by atoms with Gasteiger partial charge in [0.2, 0.25) is 0 Å². The van der Waals surface area contributed by atoms with Crippen molar-refractivity contribution in [2.45, 2.75) is 97.4 Å². The third kappa shape index (κ3) is 9.75. The molecule has 40 heavy (non-hydrogen) atoms. The molecular weight excluding hydrogens is 490 g/mol. The second kappa shape index (κ2) is 16.3. The van der Waals surface area contributed by atoms with Crippen molar-refractivity contribution >= 4 is 11.4 Å². The van der Waals surface area contributed by atoms with Gasteiger partial charge in [-0.15, -0.1) is 0 Å². The predicted molar refractivity (Wildman–Crippen MR) is 177 cm³/mol. The predicted octanol–water partition coefficient (Wildman–Crippen LogP) is 7.21. The fraction of sp³-hybridized carbons (Fsp3) is 0.714. The number of nitrogens with one attached hydrogen (secondary N) is 1. The number of nitrogens with zero attached hydrogens (tertiary/aromatic N) is 4. The highest BCUT2D eigenvalue weighted by Gasteiger charge is 2.25. The Kier molecular flexibility index (Phi) is 13.2. The molecule has 1 aliphatic carbocycles. The molecular formula is C35H61N5. The van der Waals surface area contributed by atoms with Crippen LogP contribution in [0.3, 0.4) is 0 Å². The van der Waals surface area contributed by atoms with Crippen LogP contribution in [0.4, 0.5) is 11.4 Å². The maximum Gasteiger partial charge on any atom is 0.101 e. The molecule has 1 aromatic carbocycles. The van der Waals surface area contributed by atoms with Crippen molar-refractivity contribution in [1.82, 2.24) is 15.1 Å². The van der Waals surface area contributed by atoms with Crippen LogP contribution in [-0.2, 0) is 6.42 Å². The molecule has 0 bridgehead atoms. The smallest absolute Gasteiger partial charge is 0.101 e. The summed E-state index contributed by atoms with van der Waals surface area (Å²) in [5.41, 5.74) is 7.21. The van der Waals surface area contributed by atoms with Crippen LogP contribution in [0.1, 0.15) is 89.2 Å². The Labute approximate surface area is 247 Å². The van der Waals surface area contributed by atoms with Crippen LogP contribution in [0.25, 0.3) is 0 Å². The summed E-state index contributed by atoms with van der Waals surface area (Å²) in [6.45, 7) is 16.9. The molecule has 1 heterocycles. The SMILES string of the molecule is C=C(/C=C(/N[C@H]1CC[C@@H](Cc2cc(N3CCCCC3)cc(C)c2N(C)CCC)CC1)N(C)CC)CCCN(C)C. The summed E-state index contributed by atoms with van der Waals surface area (Å²) in [5, 5.41) is 3.93. The number of benzene rings is 1. The van der Waals surface area contributed by atoms with Crippen molar-refractivity contribution in [3.8, 4) is 0 Å². The average molecular weight is 552 g/mol. The zero-order valence-electron chi connectivity index (χ0n) is 27.2. The average Bonchev–Trinajstić information content (AvgIpc) is 2.93. The van der Waals surface area contributed by atoms with Crippen molar-refractivity contribution in [2.75, 3.05) is 70.7 Å². The van der Waals surface area contributed by atoms with E-state index >= 15 is 0 Å². The van der Waals surface area contributed by atoms with Gasteiger partial charge in [0.1, 0.15) is 5.82 Å². The van der Waals surface area contributed by atoms with Crippen LogP contribution in [0.15, 0.2) is 36.2 Å². The van der Waals surface area contributed by atoms with E-state index in [4.69, 9.17) is 0 Å². The summed E-state index contributed by atoms with van der Waals surface area (Å²) in [6, 6.07) is 5.57. The van der Waals surface area contributed by atoms with Gasteiger partial charge in [-0.1, -0.05) is 19.1 Å². The lowest BCUT2D eigenvalue weighted by Crippen LogP contribution is -2.38. The second-order valence-electron chi connectivity index (χ2n) is 12.9. The molecule has 1 saturated heterocycles. The standard InChI is InChI=1S/C35H61N5/c1-9-20-39(8)35-29(4)25-33(40-22-12-11-13-23-40)27-31(35)26-30-16-18-32(19-17-30)36-34(38(7)10-2)24-28(3)15-14-21-37(5)6/h24-25,27,30,32,36H,3,9-23,26H2,1-2,4-8H3/b34-24-/t30-,32+. The van der Waals surface area contributed by atoms with Gasteiger partial charge in [-0.2, -0.15) is 0 Å². The van der Waals surface area contributed by atoms with Gasteiger partial charge in [0.15, 0.2) is 0 Å². The van der Waals surface area contributed by atoms with Gasteiger partial charge in [-0.05, 0) is 140 Å². The van der Waals surface area contributed by atoms with Crippen molar-refractivity contribution < 1.29 is 0 Å². The van der Waals surface area contributed by atoms with Crippen LogP contribution in [0.2, 0.25) is 0 Å². The van der Waals surface area contributed by atoms with Gasteiger partial charge in [-0.3, -0.25) is 0 Å². The molecule has 2 fully saturated rings. The maximum atomic E-state index is 4.37. The molecule has 0 aromatic heterocycles. The van der Waals surface area contributed by atoms with E-state index in [0.29, 0.717) is 6.04 Å². The van der Waals surface area contributed by atoms with Gasteiger partial charge in [0, 0.05) is 57.7 Å². The van der Waals surface area contributed by atoms with Gasteiger partial charge in [0.25, 0.3) is 0 Å². The number of aryl methyl sites for hydroxylation is 1. The van der Waals surface area contributed by atoms with E-state index in [-0.39, 0.29) is 0 Å². The number of allylic oxidation sites excluding steroid dienone is 2. The summed E-state index contributed by atoms with van der Waals surface area (Å²) in [4.78, 5) is 9.74. The van der Waals surface area contributed by atoms with E-state index in [0.717, 1.165) is 38.4 Å². The lowest BCUT2D eigenvalue weighted by Gasteiger charge is -2.35. The molecule has 1 aromatic rings. The summed E-state index contributed by atoms with van der Waals surface area (Å²) in [5.74, 6) is 2.01. The molecule has 0 amide bonds. The highest BCUT2D eigenvalue weighted by Crippen LogP contribution is 2.36. The molecule has 0 unspecified atom stereocenters. The van der Waals surface area contributed by atoms with Crippen LogP contribution in [0.5, 0.6) is 0 Å². The van der Waals surface area contributed by atoms with E-state index in [9.17, 15) is 0 Å². The first-order valence-electron chi connectivity index (χ1n) is 16.3. The van der Waals surface area contributed by atoms with E-state index in [1.807, 2.05) is 0 Å². The molecule has 226 valence electrons. The topological polar surface area (TPSA) is 25.0 Å². The molecule has 1 aliphatic heterocycles. The molecule has 0 spiro atoms. The van der Waals surface area contributed by atoms with E-state index in [1.54, 1.807) is 5.56 Å². The Morgan fingerprint density at radius 2 is 1.70 bits per heavy atom. The van der Waals surface area contributed by atoms with Crippen molar-refractivity contribution in [1.29, 1.82) is 0 Å². The van der Waals surface area contributed by atoms with E-state index < -0.39 is 0 Å². The highest BCUT2D eigenvalue weighted by molar-refractivity contribution is 5.66. The van der Waals surface area contributed by atoms with Gasteiger partial charge in [-0.25, -0.2) is 0 Å². The van der Waals surface area contributed by atoms with Gasteiger partial charge >= 0.3 is 0 Å². The van der Waals surface area contributed by atoms with Gasteiger partial charge in [0.05, 0.1) is 0 Å². The fourth-order valence-corrected chi connectivity index (χ4v) is 6.67. The Hall–Kier alpha value is -2.14. The van der Waals surface area contributed by atoms with Crippen molar-refractivity contribution in [3.63, 3.8) is 0 Å². The largest absolute Gasteiger partial charge is 0.374 e. The quantitative estimate of drug-likeness (QED) is 0.232. The van der Waals surface area contributed by atoms with Crippen LogP contribution in [-0.4, -0.2) is 76.8 Å². The third-order valence-electron chi connectivity index (χ3n) is 9.06. The molecule has 0 radical (unpaired) electrons. The zero-order valence-corrected chi connectivity index (χ0v) is 27.2. The van der Waals surface area contributed by atoms with Crippen molar-refractivity contribution in [2.24, 2.45) is 5.92 Å². The van der Waals surface area contributed by atoms with E-state index in [1.165, 1.54) is 99.2 Å². The first-order valence-corrected chi connectivity index (χ1v) is 16.3. The minimum absolute atomic E-state index is 0.551. The fourth-order valence-electron chi connectivity index (χ4n) is 6.67. The number of hydrogen-bond donors (Lipinski definition) is 1. The lowest BCUT2D eigenvalue weighted by molar-refractivity contribution is 0.279. The third-order valence-corrected chi connectivity index (χ3v) is 9.06. The first kappa shape index (κ1) is 32.4. The molecule has 3 rings (SSSR count). The summed E-state index contributed by atoms with van der Waals surface area (Å²) in [6.07, 6.45) is 16.0. The zero-order chi connectivity index (χ0) is 29.1. The minimum atomic E-state index is 0.551. The Morgan fingerprint density at radius 1 is 1.00 bits per heavy atom. The number of rotatable bonds is 15. The van der Waals surface area contributed by atoms with Crippen LogP contribution in [0, 0.1) is 12.8 Å². The highest BCUT2D eigenvalue weighted by atomic mass is 15.2. The number of anilines is 2. The summed E-state index contributed by atoms with van der Waals surface area (Å²) < 4.78 is 0. The summed E-state index contributed by atoms with van der Waals surface area (Å²) in [7, 11) is 8.78. The molecule has 5 nitrogen and oxygen atoms in total. The van der Waals surface area contributed by atoms with Gasteiger partial charge < -0.3 is 24.9 Å². The monoisotopic (exact) mass is 551 g/mol. The van der Waals surface area contributed by atoms with Crippen molar-refractivity contribution in [3.05, 3.63) is 47.3 Å². The molecule has 1 N–H and O–H groups in total. The first-order chi connectivity index (χ1) is 19.2. The van der Waals surface area contributed by atoms with Crippen LogP contribution >= 0.6 is 0 Å². The normalized spacial score (nSPS) is 20.1.